The number of hydrogen-bond acceptors (Lipinski definition) is 5. The largest absolute Gasteiger partial charge is 0.477 e. The molecule has 0 saturated heterocycles. The fourth-order valence-electron chi connectivity index (χ4n) is 1.68. The van der Waals surface area contributed by atoms with Crippen molar-refractivity contribution in [2.24, 2.45) is 0 Å². The van der Waals surface area contributed by atoms with Gasteiger partial charge in [-0.05, 0) is 38.4 Å². The number of nitrogens with zero attached hydrogens (tertiary/aromatic N) is 1. The van der Waals surface area contributed by atoms with E-state index >= 15 is 0 Å². The zero-order valence-electron chi connectivity index (χ0n) is 12.5. The Hall–Kier alpha value is -1.62. The van der Waals surface area contributed by atoms with Crippen LogP contribution < -0.4 is 10.1 Å². The number of rotatable bonds is 9. The average Bonchev–Trinajstić information content (AvgIpc) is 2.46. The summed E-state index contributed by atoms with van der Waals surface area (Å²) in [5.74, 6) is 0.257. The van der Waals surface area contributed by atoms with E-state index in [4.69, 9.17) is 9.47 Å². The van der Waals surface area contributed by atoms with E-state index in [1.54, 1.807) is 13.1 Å². The Bertz CT molecular complexity index is 393. The van der Waals surface area contributed by atoms with Gasteiger partial charge in [-0.3, -0.25) is 4.98 Å². The first-order chi connectivity index (χ1) is 9.71. The zero-order valence-corrected chi connectivity index (χ0v) is 12.5. The summed E-state index contributed by atoms with van der Waals surface area (Å²) in [5, 5.41) is 3.28. The molecular weight excluding hydrogens is 256 g/mol. The third-order valence-corrected chi connectivity index (χ3v) is 2.73. The molecule has 0 aliphatic heterocycles. The lowest BCUT2D eigenvalue weighted by Crippen LogP contribution is -2.28. The second-order valence-corrected chi connectivity index (χ2v) is 4.43. The molecule has 1 atom stereocenters. The Morgan fingerprint density at radius 1 is 1.35 bits per heavy atom. The number of esters is 1. The van der Waals surface area contributed by atoms with Crippen LogP contribution in [-0.2, 0) is 16.1 Å². The van der Waals surface area contributed by atoms with E-state index in [2.05, 4.69) is 17.2 Å². The van der Waals surface area contributed by atoms with Crippen LogP contribution in [0.3, 0.4) is 0 Å². The minimum Gasteiger partial charge on any atom is -0.477 e. The fourth-order valence-corrected chi connectivity index (χ4v) is 1.68. The van der Waals surface area contributed by atoms with Crippen LogP contribution in [-0.4, -0.2) is 30.2 Å². The van der Waals surface area contributed by atoms with Crippen LogP contribution in [0.1, 0.15) is 39.3 Å². The molecule has 0 radical (unpaired) electrons. The quantitative estimate of drug-likeness (QED) is 0.555. The summed E-state index contributed by atoms with van der Waals surface area (Å²) in [4.78, 5) is 15.9. The summed E-state index contributed by atoms with van der Waals surface area (Å²) >= 11 is 0. The van der Waals surface area contributed by atoms with Crippen LogP contribution in [0.2, 0.25) is 0 Å². The van der Waals surface area contributed by atoms with Crippen LogP contribution in [0.15, 0.2) is 18.3 Å². The van der Waals surface area contributed by atoms with Gasteiger partial charge in [-0.25, -0.2) is 4.79 Å². The average molecular weight is 280 g/mol. The molecule has 112 valence electrons. The minimum absolute atomic E-state index is 0.330. The molecule has 1 unspecified atom stereocenters. The van der Waals surface area contributed by atoms with Crippen molar-refractivity contribution >= 4 is 5.97 Å². The maximum Gasteiger partial charge on any atom is 0.347 e. The van der Waals surface area contributed by atoms with Gasteiger partial charge in [0.15, 0.2) is 6.10 Å². The van der Waals surface area contributed by atoms with E-state index in [1.807, 2.05) is 19.1 Å². The van der Waals surface area contributed by atoms with E-state index in [-0.39, 0.29) is 5.97 Å². The fraction of sp³-hybridized carbons (Fsp3) is 0.600. The Labute approximate surface area is 120 Å². The van der Waals surface area contributed by atoms with E-state index < -0.39 is 6.10 Å². The Balaban J connectivity index is 2.52. The van der Waals surface area contributed by atoms with Crippen molar-refractivity contribution < 1.29 is 14.3 Å². The van der Waals surface area contributed by atoms with Gasteiger partial charge in [0.1, 0.15) is 5.75 Å². The molecule has 1 heterocycles. The summed E-state index contributed by atoms with van der Waals surface area (Å²) in [6.45, 7) is 7.86. The van der Waals surface area contributed by atoms with Gasteiger partial charge >= 0.3 is 5.97 Å². The van der Waals surface area contributed by atoms with Crippen molar-refractivity contribution in [1.82, 2.24) is 10.3 Å². The standard InChI is InChI=1S/C15H24N2O3/c1-4-9-16-10-12-7-8-13(11-17-12)20-14(5-2)15(18)19-6-3/h7-8,11,14,16H,4-6,9-10H2,1-3H3. The molecule has 0 bridgehead atoms. The highest BCUT2D eigenvalue weighted by molar-refractivity contribution is 5.75. The first kappa shape index (κ1) is 16.4. The van der Waals surface area contributed by atoms with Crippen molar-refractivity contribution in [3.05, 3.63) is 24.0 Å². The highest BCUT2D eigenvalue weighted by atomic mass is 16.6. The monoisotopic (exact) mass is 280 g/mol. The molecule has 0 aliphatic rings. The Kier molecular flexibility index (Phi) is 7.65. The van der Waals surface area contributed by atoms with Crippen LogP contribution in [0, 0.1) is 0 Å². The van der Waals surface area contributed by atoms with Gasteiger partial charge in [0.05, 0.1) is 18.5 Å². The number of pyridine rings is 1. The number of hydrogen-bond donors (Lipinski definition) is 1. The molecule has 0 saturated carbocycles. The summed E-state index contributed by atoms with van der Waals surface area (Å²) < 4.78 is 10.6. The summed E-state index contributed by atoms with van der Waals surface area (Å²) in [6, 6.07) is 3.73. The van der Waals surface area contributed by atoms with Crippen LogP contribution in [0.25, 0.3) is 0 Å². The SMILES string of the molecule is CCCNCc1ccc(OC(CC)C(=O)OCC)cn1. The highest BCUT2D eigenvalue weighted by Crippen LogP contribution is 2.13. The zero-order chi connectivity index (χ0) is 14.8. The number of carbonyl (C=O) groups is 1. The number of carbonyl (C=O) groups excluding carboxylic acids is 1. The van der Waals surface area contributed by atoms with E-state index in [0.717, 1.165) is 25.2 Å². The molecule has 1 rings (SSSR count). The van der Waals surface area contributed by atoms with Crippen molar-refractivity contribution in [3.8, 4) is 5.75 Å². The molecular formula is C15H24N2O3. The first-order valence-corrected chi connectivity index (χ1v) is 7.20. The van der Waals surface area contributed by atoms with Gasteiger partial charge < -0.3 is 14.8 Å². The van der Waals surface area contributed by atoms with Crippen molar-refractivity contribution in [2.75, 3.05) is 13.2 Å². The minimum atomic E-state index is -0.569. The van der Waals surface area contributed by atoms with Gasteiger partial charge in [0.25, 0.3) is 0 Å². The number of aromatic nitrogens is 1. The summed E-state index contributed by atoms with van der Waals surface area (Å²) in [5.41, 5.74) is 0.954. The first-order valence-electron chi connectivity index (χ1n) is 7.20. The molecule has 0 amide bonds. The molecule has 1 N–H and O–H groups in total. The number of ether oxygens (including phenoxy) is 2. The van der Waals surface area contributed by atoms with E-state index in [0.29, 0.717) is 18.8 Å². The Morgan fingerprint density at radius 3 is 2.70 bits per heavy atom. The second kappa shape index (κ2) is 9.31. The molecule has 1 aromatic rings. The van der Waals surface area contributed by atoms with Crippen LogP contribution in [0.5, 0.6) is 5.75 Å². The second-order valence-electron chi connectivity index (χ2n) is 4.43. The van der Waals surface area contributed by atoms with Crippen molar-refractivity contribution in [1.29, 1.82) is 0 Å². The maximum absolute atomic E-state index is 11.6. The van der Waals surface area contributed by atoms with Crippen molar-refractivity contribution in [3.63, 3.8) is 0 Å². The lowest BCUT2D eigenvalue weighted by Gasteiger charge is -2.15. The maximum atomic E-state index is 11.6. The normalized spacial score (nSPS) is 11.9. The third-order valence-electron chi connectivity index (χ3n) is 2.73. The molecule has 0 fully saturated rings. The molecule has 0 aromatic carbocycles. The highest BCUT2D eigenvalue weighted by Gasteiger charge is 2.19. The topological polar surface area (TPSA) is 60.5 Å². The molecule has 5 nitrogen and oxygen atoms in total. The molecule has 0 aliphatic carbocycles. The molecule has 0 spiro atoms. The van der Waals surface area contributed by atoms with Crippen LogP contribution in [0.4, 0.5) is 0 Å². The molecule has 1 aromatic heterocycles. The summed E-state index contributed by atoms with van der Waals surface area (Å²) in [7, 11) is 0. The van der Waals surface area contributed by atoms with E-state index in [1.165, 1.54) is 0 Å². The third kappa shape index (κ3) is 5.57. The van der Waals surface area contributed by atoms with Gasteiger partial charge in [-0.2, -0.15) is 0 Å². The summed E-state index contributed by atoms with van der Waals surface area (Å²) in [6.07, 6.45) is 2.74. The van der Waals surface area contributed by atoms with Gasteiger partial charge in [-0.1, -0.05) is 13.8 Å². The lowest BCUT2D eigenvalue weighted by atomic mass is 10.2. The van der Waals surface area contributed by atoms with Gasteiger partial charge in [0.2, 0.25) is 0 Å². The lowest BCUT2D eigenvalue weighted by molar-refractivity contribution is -0.151. The Morgan fingerprint density at radius 2 is 2.15 bits per heavy atom. The van der Waals surface area contributed by atoms with Crippen LogP contribution >= 0.6 is 0 Å². The van der Waals surface area contributed by atoms with E-state index in [9.17, 15) is 4.79 Å². The predicted octanol–water partition coefficient (Wildman–Crippen LogP) is 2.30. The number of nitrogens with one attached hydrogen (secondary N) is 1. The van der Waals surface area contributed by atoms with Gasteiger partial charge in [0, 0.05) is 6.54 Å². The smallest absolute Gasteiger partial charge is 0.347 e. The molecule has 20 heavy (non-hydrogen) atoms. The molecule has 5 heteroatoms. The van der Waals surface area contributed by atoms with Gasteiger partial charge in [-0.15, -0.1) is 0 Å². The predicted molar refractivity (Wildman–Crippen MR) is 77.6 cm³/mol. The van der Waals surface area contributed by atoms with Crippen molar-refractivity contribution in [2.45, 2.75) is 46.3 Å².